The molecule has 0 aromatic heterocycles. The number of amides is 2. The van der Waals surface area contributed by atoms with Crippen molar-refractivity contribution in [3.8, 4) is 0 Å². The molecular formula is C28H30Cl3N3O4S. The molecule has 0 radical (unpaired) electrons. The highest BCUT2D eigenvalue weighted by molar-refractivity contribution is 7.92. The van der Waals surface area contributed by atoms with Crippen LogP contribution in [-0.4, -0.2) is 50.0 Å². The molecular weight excluding hydrogens is 581 g/mol. The smallest absolute Gasteiger partial charge is 0.244 e. The van der Waals surface area contributed by atoms with Crippen LogP contribution in [0.4, 0.5) is 5.69 Å². The molecule has 0 heterocycles. The first kappa shape index (κ1) is 30.8. The lowest BCUT2D eigenvalue weighted by atomic mass is 10.0. The van der Waals surface area contributed by atoms with Gasteiger partial charge in [0.25, 0.3) is 0 Å². The molecule has 0 saturated carbocycles. The van der Waals surface area contributed by atoms with Gasteiger partial charge in [-0.3, -0.25) is 13.9 Å². The molecule has 11 heteroatoms. The molecule has 208 valence electrons. The van der Waals surface area contributed by atoms with Crippen molar-refractivity contribution in [2.45, 2.75) is 38.9 Å². The molecule has 2 amide bonds. The van der Waals surface area contributed by atoms with Crippen LogP contribution in [0.5, 0.6) is 0 Å². The van der Waals surface area contributed by atoms with E-state index in [1.807, 2.05) is 44.2 Å². The molecule has 7 nitrogen and oxygen atoms in total. The Labute approximate surface area is 244 Å². The third-order valence-electron chi connectivity index (χ3n) is 5.83. The first-order valence-electron chi connectivity index (χ1n) is 12.2. The van der Waals surface area contributed by atoms with Gasteiger partial charge in [0.2, 0.25) is 21.8 Å². The van der Waals surface area contributed by atoms with Gasteiger partial charge >= 0.3 is 0 Å². The number of benzene rings is 3. The van der Waals surface area contributed by atoms with E-state index in [2.05, 4.69) is 5.32 Å². The second-order valence-electron chi connectivity index (χ2n) is 9.38. The average Bonchev–Trinajstić information content (AvgIpc) is 2.85. The number of anilines is 1. The molecule has 3 aromatic rings. The van der Waals surface area contributed by atoms with Crippen LogP contribution in [0.25, 0.3) is 0 Å². The summed E-state index contributed by atoms with van der Waals surface area (Å²) < 4.78 is 26.6. The van der Waals surface area contributed by atoms with Gasteiger partial charge in [-0.15, -0.1) is 0 Å². The zero-order valence-corrected chi connectivity index (χ0v) is 24.9. The standard InChI is InChI=1S/C28H30Cl3N3O4S/c1-19(2)32-28(36)26(15-20-7-5-4-6-8-20)33(17-21-9-11-22(29)12-10-21)27(35)18-34(39(3,37)38)25-14-13-23(30)16-24(25)31/h4-14,16,19,26H,15,17-18H2,1-3H3,(H,32,36)/t26-/m0/s1. The van der Waals surface area contributed by atoms with Crippen molar-refractivity contribution in [2.75, 3.05) is 17.1 Å². The van der Waals surface area contributed by atoms with Crippen LogP contribution in [0.1, 0.15) is 25.0 Å². The van der Waals surface area contributed by atoms with Crippen molar-refractivity contribution < 1.29 is 18.0 Å². The van der Waals surface area contributed by atoms with Crippen LogP contribution >= 0.6 is 34.8 Å². The van der Waals surface area contributed by atoms with Gasteiger partial charge in [-0.25, -0.2) is 8.42 Å². The lowest BCUT2D eigenvalue weighted by Crippen LogP contribution is -2.54. The van der Waals surface area contributed by atoms with Crippen LogP contribution in [0.15, 0.2) is 72.8 Å². The fraction of sp³-hybridized carbons (Fsp3) is 0.286. The van der Waals surface area contributed by atoms with Gasteiger partial charge in [-0.1, -0.05) is 77.3 Å². The first-order valence-corrected chi connectivity index (χ1v) is 15.1. The minimum Gasteiger partial charge on any atom is -0.352 e. The molecule has 3 aromatic carbocycles. The minimum absolute atomic E-state index is 0.0466. The quantitative estimate of drug-likeness (QED) is 0.307. The van der Waals surface area contributed by atoms with Crippen molar-refractivity contribution in [2.24, 2.45) is 0 Å². The maximum atomic E-state index is 14.0. The number of hydrogen-bond donors (Lipinski definition) is 1. The van der Waals surface area contributed by atoms with Gasteiger partial charge in [0.15, 0.2) is 0 Å². The van der Waals surface area contributed by atoms with Crippen LogP contribution in [0.3, 0.4) is 0 Å². The maximum absolute atomic E-state index is 14.0. The maximum Gasteiger partial charge on any atom is 0.244 e. The van der Waals surface area contributed by atoms with Crippen LogP contribution < -0.4 is 9.62 Å². The molecule has 0 saturated heterocycles. The fourth-order valence-corrected chi connectivity index (χ4v) is 5.55. The van der Waals surface area contributed by atoms with Crippen molar-refractivity contribution in [3.05, 3.63) is 99.0 Å². The molecule has 1 N–H and O–H groups in total. The normalized spacial score (nSPS) is 12.2. The van der Waals surface area contributed by atoms with E-state index in [-0.39, 0.29) is 35.6 Å². The van der Waals surface area contributed by atoms with Crippen molar-refractivity contribution in [1.29, 1.82) is 0 Å². The van der Waals surface area contributed by atoms with E-state index in [0.717, 1.165) is 21.7 Å². The Morgan fingerprint density at radius 3 is 2.05 bits per heavy atom. The molecule has 0 unspecified atom stereocenters. The van der Waals surface area contributed by atoms with Gasteiger partial charge in [0, 0.05) is 29.1 Å². The minimum atomic E-state index is -3.94. The predicted octanol–water partition coefficient (Wildman–Crippen LogP) is 5.58. The molecule has 0 aliphatic heterocycles. The summed E-state index contributed by atoms with van der Waals surface area (Å²) in [4.78, 5) is 28.9. The highest BCUT2D eigenvalue weighted by atomic mass is 35.5. The summed E-state index contributed by atoms with van der Waals surface area (Å²) in [7, 11) is -3.94. The number of nitrogens with zero attached hydrogens (tertiary/aromatic N) is 2. The molecule has 0 spiro atoms. The number of carbonyl (C=O) groups is 2. The fourth-order valence-electron chi connectivity index (χ4n) is 4.00. The average molecular weight is 611 g/mol. The number of rotatable bonds is 11. The van der Waals surface area contributed by atoms with E-state index >= 15 is 0 Å². The van der Waals surface area contributed by atoms with E-state index in [1.165, 1.54) is 23.1 Å². The van der Waals surface area contributed by atoms with Crippen LogP contribution in [0, 0.1) is 0 Å². The number of nitrogens with one attached hydrogen (secondary N) is 1. The summed E-state index contributed by atoms with van der Waals surface area (Å²) in [5, 5.41) is 3.82. The van der Waals surface area contributed by atoms with Crippen molar-refractivity contribution in [3.63, 3.8) is 0 Å². The molecule has 39 heavy (non-hydrogen) atoms. The summed E-state index contributed by atoms with van der Waals surface area (Å²) in [6.45, 7) is 3.13. The number of carbonyl (C=O) groups excluding carboxylic acids is 2. The van der Waals surface area contributed by atoms with Gasteiger partial charge in [-0.2, -0.15) is 0 Å². The SMILES string of the molecule is CC(C)NC(=O)[C@H](Cc1ccccc1)N(Cc1ccc(Cl)cc1)C(=O)CN(c1ccc(Cl)cc1Cl)S(C)(=O)=O. The summed E-state index contributed by atoms with van der Waals surface area (Å²) in [5.41, 5.74) is 1.67. The van der Waals surface area contributed by atoms with Crippen molar-refractivity contribution in [1.82, 2.24) is 10.2 Å². The zero-order valence-electron chi connectivity index (χ0n) is 21.8. The molecule has 1 atom stereocenters. The van der Waals surface area contributed by atoms with E-state index in [1.54, 1.807) is 24.3 Å². The molecule has 0 aliphatic carbocycles. The molecule has 0 bridgehead atoms. The first-order chi connectivity index (χ1) is 18.3. The second kappa shape index (κ2) is 13.5. The third kappa shape index (κ3) is 8.86. The molecule has 0 fully saturated rings. The monoisotopic (exact) mass is 609 g/mol. The summed E-state index contributed by atoms with van der Waals surface area (Å²) >= 11 is 18.4. The zero-order chi connectivity index (χ0) is 28.7. The Kier molecular flexibility index (Phi) is 10.7. The third-order valence-corrected chi connectivity index (χ3v) is 7.74. The topological polar surface area (TPSA) is 86.8 Å². The van der Waals surface area contributed by atoms with Gasteiger partial charge in [0.05, 0.1) is 17.0 Å². The van der Waals surface area contributed by atoms with E-state index < -0.39 is 28.5 Å². The number of sulfonamides is 1. The van der Waals surface area contributed by atoms with Gasteiger partial charge in [0.1, 0.15) is 12.6 Å². The van der Waals surface area contributed by atoms with E-state index in [4.69, 9.17) is 34.8 Å². The van der Waals surface area contributed by atoms with Gasteiger partial charge < -0.3 is 10.2 Å². The predicted molar refractivity (Wildman–Crippen MR) is 158 cm³/mol. The van der Waals surface area contributed by atoms with Crippen molar-refractivity contribution >= 4 is 62.3 Å². The molecule has 3 rings (SSSR count). The Bertz CT molecular complexity index is 1400. The Morgan fingerprint density at radius 2 is 1.49 bits per heavy atom. The Balaban J connectivity index is 2.07. The summed E-state index contributed by atoms with van der Waals surface area (Å²) in [6, 6.07) is 19.4. The van der Waals surface area contributed by atoms with Crippen LogP contribution in [0.2, 0.25) is 15.1 Å². The second-order valence-corrected chi connectivity index (χ2v) is 12.6. The lowest BCUT2D eigenvalue weighted by Gasteiger charge is -2.34. The highest BCUT2D eigenvalue weighted by Gasteiger charge is 2.33. The van der Waals surface area contributed by atoms with Crippen LogP contribution in [-0.2, 0) is 32.6 Å². The van der Waals surface area contributed by atoms with E-state index in [9.17, 15) is 18.0 Å². The molecule has 0 aliphatic rings. The Hall–Kier alpha value is -2.78. The Morgan fingerprint density at radius 1 is 0.872 bits per heavy atom. The number of halogens is 3. The highest BCUT2D eigenvalue weighted by Crippen LogP contribution is 2.30. The van der Waals surface area contributed by atoms with E-state index in [0.29, 0.717) is 10.0 Å². The van der Waals surface area contributed by atoms with Gasteiger partial charge in [-0.05, 0) is 55.3 Å². The number of hydrogen-bond acceptors (Lipinski definition) is 4. The summed E-state index contributed by atoms with van der Waals surface area (Å²) in [5.74, 6) is -0.937. The lowest BCUT2D eigenvalue weighted by molar-refractivity contribution is -0.140. The summed E-state index contributed by atoms with van der Waals surface area (Å²) in [6.07, 6.45) is 1.21. The largest absolute Gasteiger partial charge is 0.352 e.